The maximum Gasteiger partial charge on any atom is 0.0923 e. The molecule has 6 unspecified atom stereocenters. The third-order valence-corrected chi connectivity index (χ3v) is 6.02. The minimum Gasteiger partial charge on any atom is -0.378 e. The van der Waals surface area contributed by atoms with E-state index in [1.165, 1.54) is 44.9 Å². The van der Waals surface area contributed by atoms with Crippen LogP contribution in [0.25, 0.3) is 0 Å². The molecule has 0 aromatic heterocycles. The van der Waals surface area contributed by atoms with Crippen LogP contribution in [0.2, 0.25) is 0 Å². The molecule has 1 saturated carbocycles. The van der Waals surface area contributed by atoms with Gasteiger partial charge in [-0.2, -0.15) is 0 Å². The number of rotatable bonds is 3. The van der Waals surface area contributed by atoms with E-state index in [2.05, 4.69) is 20.8 Å². The lowest BCUT2D eigenvalue weighted by molar-refractivity contribution is 0.0680. The molecule has 3 aliphatic rings. The molecule has 19 heavy (non-hydrogen) atoms. The second-order valence-electron chi connectivity index (χ2n) is 7.34. The first-order chi connectivity index (χ1) is 9.12. The van der Waals surface area contributed by atoms with Crippen LogP contribution in [0.5, 0.6) is 0 Å². The molecule has 0 aromatic carbocycles. The molecule has 0 bridgehead atoms. The van der Waals surface area contributed by atoms with Gasteiger partial charge in [-0.1, -0.05) is 13.3 Å². The summed E-state index contributed by atoms with van der Waals surface area (Å²) in [6.07, 6.45) is 10.3. The zero-order chi connectivity index (χ0) is 13.5. The fourth-order valence-corrected chi connectivity index (χ4v) is 4.77. The summed E-state index contributed by atoms with van der Waals surface area (Å²) in [6.45, 7) is 7.93. The Bertz CT molecular complexity index is 316. The Hall–Kier alpha value is -0.0800. The first kappa shape index (κ1) is 13.9. The lowest BCUT2D eigenvalue weighted by atomic mass is 9.68. The molecule has 2 heteroatoms. The van der Waals surface area contributed by atoms with E-state index in [0.29, 0.717) is 12.2 Å². The van der Waals surface area contributed by atoms with Gasteiger partial charge in [0.25, 0.3) is 0 Å². The van der Waals surface area contributed by atoms with Gasteiger partial charge in [0.05, 0.1) is 17.8 Å². The summed E-state index contributed by atoms with van der Waals surface area (Å²) < 4.78 is 11.7. The molecule has 6 atom stereocenters. The van der Waals surface area contributed by atoms with E-state index in [1.54, 1.807) is 0 Å². The number of epoxide rings is 1. The Morgan fingerprint density at radius 2 is 1.89 bits per heavy atom. The second kappa shape index (κ2) is 5.37. The van der Waals surface area contributed by atoms with Crippen LogP contribution < -0.4 is 0 Å². The van der Waals surface area contributed by atoms with Gasteiger partial charge in [-0.25, -0.2) is 0 Å². The zero-order valence-electron chi connectivity index (χ0n) is 12.9. The molecule has 0 N–H and O–H groups in total. The number of fused-ring (bicyclic) bond motifs is 1. The van der Waals surface area contributed by atoms with E-state index in [1.807, 2.05) is 0 Å². The van der Waals surface area contributed by atoms with Gasteiger partial charge in [-0.15, -0.1) is 0 Å². The standard InChI is InChI=1S/C17H30O2/c1-4-15(13-6-5-12(2)18-10-9-13)14-7-8-16-17(3,11-14)19-16/h12-16H,4-11H2,1-3H3. The van der Waals surface area contributed by atoms with Gasteiger partial charge >= 0.3 is 0 Å². The number of ether oxygens (including phenoxy) is 2. The summed E-state index contributed by atoms with van der Waals surface area (Å²) in [7, 11) is 0. The van der Waals surface area contributed by atoms with Gasteiger partial charge in [-0.05, 0) is 70.1 Å². The molecule has 110 valence electrons. The molecule has 3 fully saturated rings. The van der Waals surface area contributed by atoms with Crippen molar-refractivity contribution < 1.29 is 9.47 Å². The highest BCUT2D eigenvalue weighted by molar-refractivity contribution is 5.04. The van der Waals surface area contributed by atoms with Crippen LogP contribution in [0.1, 0.15) is 65.7 Å². The Labute approximate surface area is 118 Å². The van der Waals surface area contributed by atoms with Gasteiger partial charge in [0.1, 0.15) is 0 Å². The summed E-state index contributed by atoms with van der Waals surface area (Å²) >= 11 is 0. The predicted molar refractivity (Wildman–Crippen MR) is 77.2 cm³/mol. The van der Waals surface area contributed by atoms with Crippen molar-refractivity contribution in [1.82, 2.24) is 0 Å². The minimum absolute atomic E-state index is 0.255. The van der Waals surface area contributed by atoms with Gasteiger partial charge in [0.2, 0.25) is 0 Å². The summed E-state index contributed by atoms with van der Waals surface area (Å²) in [4.78, 5) is 0. The first-order valence-electron chi connectivity index (χ1n) is 8.42. The van der Waals surface area contributed by atoms with Gasteiger partial charge in [0.15, 0.2) is 0 Å². The van der Waals surface area contributed by atoms with E-state index in [0.717, 1.165) is 24.4 Å². The van der Waals surface area contributed by atoms with E-state index in [4.69, 9.17) is 9.47 Å². The molecule has 0 aromatic rings. The molecule has 2 nitrogen and oxygen atoms in total. The minimum atomic E-state index is 0.255. The molecule has 2 heterocycles. The lowest BCUT2D eigenvalue weighted by Gasteiger charge is -2.35. The summed E-state index contributed by atoms with van der Waals surface area (Å²) in [6, 6.07) is 0. The van der Waals surface area contributed by atoms with Crippen LogP contribution in [0.3, 0.4) is 0 Å². The van der Waals surface area contributed by atoms with E-state index in [-0.39, 0.29) is 5.60 Å². The third kappa shape index (κ3) is 2.85. The van der Waals surface area contributed by atoms with Crippen LogP contribution in [0, 0.1) is 17.8 Å². The van der Waals surface area contributed by atoms with E-state index >= 15 is 0 Å². The smallest absolute Gasteiger partial charge is 0.0923 e. The molecule has 2 aliphatic heterocycles. The van der Waals surface area contributed by atoms with Crippen molar-refractivity contribution in [2.45, 2.75) is 83.5 Å². The third-order valence-electron chi connectivity index (χ3n) is 6.02. The summed E-state index contributed by atoms with van der Waals surface area (Å²) in [5, 5.41) is 0. The number of hydrogen-bond donors (Lipinski definition) is 0. The van der Waals surface area contributed by atoms with Crippen LogP contribution in [-0.4, -0.2) is 24.4 Å². The summed E-state index contributed by atoms with van der Waals surface area (Å²) in [5.74, 6) is 2.68. The van der Waals surface area contributed by atoms with Crippen LogP contribution in [0.15, 0.2) is 0 Å². The molecule has 3 rings (SSSR count). The van der Waals surface area contributed by atoms with Crippen molar-refractivity contribution in [3.05, 3.63) is 0 Å². The van der Waals surface area contributed by atoms with E-state index < -0.39 is 0 Å². The summed E-state index contributed by atoms with van der Waals surface area (Å²) in [5.41, 5.74) is 0.255. The van der Waals surface area contributed by atoms with Crippen molar-refractivity contribution in [3.8, 4) is 0 Å². The fraction of sp³-hybridized carbons (Fsp3) is 1.00. The van der Waals surface area contributed by atoms with Crippen molar-refractivity contribution in [3.63, 3.8) is 0 Å². The highest BCUT2D eigenvalue weighted by Crippen LogP contribution is 2.53. The van der Waals surface area contributed by atoms with Crippen molar-refractivity contribution in [1.29, 1.82) is 0 Å². The zero-order valence-corrected chi connectivity index (χ0v) is 12.9. The molecule has 1 aliphatic carbocycles. The maximum atomic E-state index is 5.89. The number of hydrogen-bond acceptors (Lipinski definition) is 2. The molecule has 0 radical (unpaired) electrons. The molecular weight excluding hydrogens is 236 g/mol. The second-order valence-corrected chi connectivity index (χ2v) is 7.34. The normalized spacial score (nSPS) is 48.2. The van der Waals surface area contributed by atoms with Crippen molar-refractivity contribution >= 4 is 0 Å². The molecular formula is C17H30O2. The SMILES string of the molecule is CCC(C1CCOC(C)CC1)C1CCC2OC2(C)C1. The quantitative estimate of drug-likeness (QED) is 0.715. The predicted octanol–water partition coefficient (Wildman–Crippen LogP) is 4.18. The Kier molecular flexibility index (Phi) is 3.92. The highest BCUT2D eigenvalue weighted by atomic mass is 16.6. The maximum absolute atomic E-state index is 5.89. The molecule has 0 amide bonds. The fourth-order valence-electron chi connectivity index (χ4n) is 4.77. The van der Waals surface area contributed by atoms with Crippen molar-refractivity contribution in [2.24, 2.45) is 17.8 Å². The Balaban J connectivity index is 1.62. The van der Waals surface area contributed by atoms with Crippen LogP contribution in [0.4, 0.5) is 0 Å². The van der Waals surface area contributed by atoms with Crippen LogP contribution >= 0.6 is 0 Å². The van der Waals surface area contributed by atoms with E-state index in [9.17, 15) is 0 Å². The van der Waals surface area contributed by atoms with Gasteiger partial charge in [0, 0.05) is 6.61 Å². The van der Waals surface area contributed by atoms with Crippen LogP contribution in [-0.2, 0) is 9.47 Å². The van der Waals surface area contributed by atoms with Gasteiger partial charge < -0.3 is 9.47 Å². The first-order valence-corrected chi connectivity index (χ1v) is 8.42. The Morgan fingerprint density at radius 3 is 2.63 bits per heavy atom. The topological polar surface area (TPSA) is 21.8 Å². The highest BCUT2D eigenvalue weighted by Gasteiger charge is 2.56. The average molecular weight is 266 g/mol. The monoisotopic (exact) mass is 266 g/mol. The molecule has 0 spiro atoms. The van der Waals surface area contributed by atoms with Crippen molar-refractivity contribution in [2.75, 3.05) is 6.61 Å². The largest absolute Gasteiger partial charge is 0.378 e. The average Bonchev–Trinajstić information content (AvgIpc) is 3.09. The molecule has 2 saturated heterocycles. The lowest BCUT2D eigenvalue weighted by Crippen LogP contribution is -2.31. The Morgan fingerprint density at radius 1 is 1.11 bits per heavy atom. The van der Waals surface area contributed by atoms with Gasteiger partial charge in [-0.3, -0.25) is 0 Å².